The Morgan fingerprint density at radius 1 is 1.04 bits per heavy atom. The van der Waals surface area contributed by atoms with E-state index in [0.717, 1.165) is 46.9 Å². The summed E-state index contributed by atoms with van der Waals surface area (Å²) in [5, 5.41) is 2.92. The third-order valence-electron chi connectivity index (χ3n) is 5.05. The van der Waals surface area contributed by atoms with E-state index in [-0.39, 0.29) is 5.91 Å². The van der Waals surface area contributed by atoms with Gasteiger partial charge in [0.05, 0.1) is 12.1 Å². The number of rotatable bonds is 4. The number of nitrogens with zero attached hydrogens (tertiary/aromatic N) is 6. The fourth-order valence-corrected chi connectivity index (χ4v) is 4.46. The summed E-state index contributed by atoms with van der Waals surface area (Å²) >= 11 is 1.58. The summed E-state index contributed by atoms with van der Waals surface area (Å²) in [6, 6.07) is 6.09. The third kappa shape index (κ3) is 3.77. The lowest BCUT2D eigenvalue weighted by Crippen LogP contribution is -2.49. The van der Waals surface area contributed by atoms with Crippen molar-refractivity contribution in [3.63, 3.8) is 0 Å². The Labute approximate surface area is 168 Å². The maximum atomic E-state index is 12.7. The lowest BCUT2D eigenvalue weighted by atomic mass is 10.2. The SMILES string of the molecule is Cc1nccc(N2CCN(C(=O)Cc3csc(-n4c(C)ccc4C)n3)CC2)n1. The van der Waals surface area contributed by atoms with Gasteiger partial charge in [-0.05, 0) is 39.0 Å². The van der Waals surface area contributed by atoms with Crippen molar-refractivity contribution in [1.82, 2.24) is 24.4 Å². The largest absolute Gasteiger partial charge is 0.353 e. The van der Waals surface area contributed by atoms with Crippen LogP contribution >= 0.6 is 11.3 Å². The van der Waals surface area contributed by atoms with Gasteiger partial charge in [0.25, 0.3) is 0 Å². The number of hydrogen-bond acceptors (Lipinski definition) is 6. The molecule has 0 saturated carbocycles. The van der Waals surface area contributed by atoms with Crippen molar-refractivity contribution in [3.8, 4) is 5.13 Å². The van der Waals surface area contributed by atoms with Gasteiger partial charge in [-0.1, -0.05) is 0 Å². The topological polar surface area (TPSA) is 67.2 Å². The highest BCUT2D eigenvalue weighted by Crippen LogP contribution is 2.21. The Bertz CT molecular complexity index is 967. The molecular formula is C20H24N6OS. The van der Waals surface area contributed by atoms with E-state index in [1.165, 1.54) is 0 Å². The summed E-state index contributed by atoms with van der Waals surface area (Å²) in [5.41, 5.74) is 3.15. The molecule has 1 fully saturated rings. The van der Waals surface area contributed by atoms with Crippen molar-refractivity contribution < 1.29 is 4.79 Å². The number of thiazole rings is 1. The monoisotopic (exact) mass is 396 g/mol. The highest BCUT2D eigenvalue weighted by molar-refractivity contribution is 7.12. The number of aromatic nitrogens is 4. The van der Waals surface area contributed by atoms with Crippen molar-refractivity contribution in [3.05, 3.63) is 52.7 Å². The van der Waals surface area contributed by atoms with Crippen molar-refractivity contribution in [1.29, 1.82) is 0 Å². The first-order valence-electron chi connectivity index (χ1n) is 9.43. The summed E-state index contributed by atoms with van der Waals surface area (Å²) in [7, 11) is 0. The summed E-state index contributed by atoms with van der Waals surface area (Å²) in [6.45, 7) is 9.00. The van der Waals surface area contributed by atoms with Crippen LogP contribution in [0.4, 0.5) is 5.82 Å². The molecule has 1 aliphatic rings. The third-order valence-corrected chi connectivity index (χ3v) is 5.93. The maximum absolute atomic E-state index is 12.7. The molecule has 28 heavy (non-hydrogen) atoms. The molecule has 0 radical (unpaired) electrons. The Hall–Kier alpha value is -2.74. The number of anilines is 1. The van der Waals surface area contributed by atoms with E-state index in [4.69, 9.17) is 0 Å². The second-order valence-electron chi connectivity index (χ2n) is 7.08. The molecule has 1 amide bonds. The average molecular weight is 397 g/mol. The molecule has 146 valence electrons. The van der Waals surface area contributed by atoms with Gasteiger partial charge in [-0.3, -0.25) is 9.36 Å². The average Bonchev–Trinajstić information content (AvgIpc) is 3.27. The maximum Gasteiger partial charge on any atom is 0.228 e. The molecule has 0 bridgehead atoms. The summed E-state index contributed by atoms with van der Waals surface area (Å²) < 4.78 is 2.13. The molecule has 1 saturated heterocycles. The zero-order chi connectivity index (χ0) is 19.7. The molecule has 0 aliphatic carbocycles. The van der Waals surface area contributed by atoms with Gasteiger partial charge in [0.15, 0.2) is 5.13 Å². The van der Waals surface area contributed by atoms with E-state index in [1.54, 1.807) is 17.5 Å². The first kappa shape index (κ1) is 18.6. The van der Waals surface area contributed by atoms with E-state index >= 15 is 0 Å². The van der Waals surface area contributed by atoms with Gasteiger partial charge in [0.1, 0.15) is 11.6 Å². The molecule has 0 spiro atoms. The van der Waals surface area contributed by atoms with Crippen LogP contribution in [0.1, 0.15) is 22.9 Å². The first-order valence-corrected chi connectivity index (χ1v) is 10.3. The van der Waals surface area contributed by atoms with Crippen LogP contribution in [-0.4, -0.2) is 56.5 Å². The van der Waals surface area contributed by atoms with Gasteiger partial charge in [0, 0.05) is 49.1 Å². The minimum absolute atomic E-state index is 0.135. The molecule has 3 aromatic heterocycles. The molecule has 0 aromatic carbocycles. The Kier molecular flexibility index (Phi) is 5.13. The van der Waals surface area contributed by atoms with E-state index in [2.05, 4.69) is 50.4 Å². The Morgan fingerprint density at radius 2 is 1.75 bits per heavy atom. The van der Waals surface area contributed by atoms with Crippen molar-refractivity contribution >= 4 is 23.1 Å². The van der Waals surface area contributed by atoms with Gasteiger partial charge in [-0.25, -0.2) is 15.0 Å². The van der Waals surface area contributed by atoms with E-state index in [9.17, 15) is 4.79 Å². The predicted octanol–water partition coefficient (Wildman–Crippen LogP) is 2.54. The fraction of sp³-hybridized carbons (Fsp3) is 0.400. The molecule has 7 nitrogen and oxygen atoms in total. The molecule has 4 heterocycles. The van der Waals surface area contributed by atoms with Gasteiger partial charge in [-0.2, -0.15) is 0 Å². The normalized spacial score (nSPS) is 14.5. The van der Waals surface area contributed by atoms with Crippen LogP contribution in [0.15, 0.2) is 29.8 Å². The molecule has 0 unspecified atom stereocenters. The molecule has 0 N–H and O–H groups in total. The second kappa shape index (κ2) is 7.71. The first-order chi connectivity index (χ1) is 13.5. The van der Waals surface area contributed by atoms with E-state index in [1.807, 2.05) is 23.3 Å². The number of carbonyl (C=O) groups excluding carboxylic acids is 1. The second-order valence-corrected chi connectivity index (χ2v) is 7.92. The molecule has 4 rings (SSSR count). The number of piperazine rings is 1. The Balaban J connectivity index is 1.36. The minimum atomic E-state index is 0.135. The summed E-state index contributed by atoms with van der Waals surface area (Å²) in [6.07, 6.45) is 2.13. The lowest BCUT2D eigenvalue weighted by Gasteiger charge is -2.35. The van der Waals surface area contributed by atoms with Crippen LogP contribution in [0.25, 0.3) is 5.13 Å². The number of amides is 1. The van der Waals surface area contributed by atoms with Crippen LogP contribution < -0.4 is 4.90 Å². The standard InChI is InChI=1S/C20H24N6OS/c1-14-4-5-15(2)26(14)20-23-17(13-28-20)12-19(27)25-10-8-24(9-11-25)18-6-7-21-16(3)22-18/h4-7,13H,8-12H2,1-3H3. The highest BCUT2D eigenvalue weighted by Gasteiger charge is 2.23. The van der Waals surface area contributed by atoms with Gasteiger partial charge >= 0.3 is 0 Å². The zero-order valence-electron chi connectivity index (χ0n) is 16.4. The van der Waals surface area contributed by atoms with Crippen LogP contribution in [-0.2, 0) is 11.2 Å². The predicted molar refractivity (Wildman–Crippen MR) is 110 cm³/mol. The van der Waals surface area contributed by atoms with Gasteiger partial charge < -0.3 is 9.80 Å². The molecule has 1 aliphatic heterocycles. The fourth-order valence-electron chi connectivity index (χ4n) is 3.52. The Morgan fingerprint density at radius 3 is 2.43 bits per heavy atom. The van der Waals surface area contributed by atoms with Crippen LogP contribution in [0.5, 0.6) is 0 Å². The van der Waals surface area contributed by atoms with Crippen molar-refractivity contribution in [2.24, 2.45) is 0 Å². The van der Waals surface area contributed by atoms with Crippen molar-refractivity contribution in [2.75, 3.05) is 31.1 Å². The van der Waals surface area contributed by atoms with Gasteiger partial charge in [-0.15, -0.1) is 11.3 Å². The van der Waals surface area contributed by atoms with Gasteiger partial charge in [0.2, 0.25) is 5.91 Å². The van der Waals surface area contributed by atoms with E-state index < -0.39 is 0 Å². The molecule has 8 heteroatoms. The lowest BCUT2D eigenvalue weighted by molar-refractivity contribution is -0.130. The number of hydrogen-bond donors (Lipinski definition) is 0. The minimum Gasteiger partial charge on any atom is -0.353 e. The quantitative estimate of drug-likeness (QED) is 0.678. The van der Waals surface area contributed by atoms with Crippen molar-refractivity contribution in [2.45, 2.75) is 27.2 Å². The number of aryl methyl sites for hydroxylation is 3. The van der Waals surface area contributed by atoms with E-state index in [0.29, 0.717) is 19.5 Å². The molecule has 0 atom stereocenters. The molecular weight excluding hydrogens is 372 g/mol. The van der Waals surface area contributed by atoms with Crippen LogP contribution in [0.3, 0.4) is 0 Å². The van der Waals surface area contributed by atoms with Crippen LogP contribution in [0, 0.1) is 20.8 Å². The highest BCUT2D eigenvalue weighted by atomic mass is 32.1. The smallest absolute Gasteiger partial charge is 0.228 e. The van der Waals surface area contributed by atoms with Crippen LogP contribution in [0.2, 0.25) is 0 Å². The molecule has 3 aromatic rings. The summed E-state index contributed by atoms with van der Waals surface area (Å²) in [4.78, 5) is 30.2. The summed E-state index contributed by atoms with van der Waals surface area (Å²) in [5.74, 6) is 1.83. The number of carbonyl (C=O) groups is 1. The zero-order valence-corrected chi connectivity index (χ0v) is 17.2.